The minimum atomic E-state index is -0.247. The van der Waals surface area contributed by atoms with Gasteiger partial charge in [-0.05, 0) is 61.0 Å². The number of nitrogens with one attached hydrogen (secondary N) is 1. The molecule has 0 radical (unpaired) electrons. The topological polar surface area (TPSA) is 76.3 Å². The number of ether oxygens (including phenoxy) is 2. The summed E-state index contributed by atoms with van der Waals surface area (Å²) < 4.78 is 13.1. The van der Waals surface area contributed by atoms with E-state index in [-0.39, 0.29) is 6.04 Å². The number of methoxy groups -OCH3 is 2. The molecule has 0 saturated carbocycles. The summed E-state index contributed by atoms with van der Waals surface area (Å²) in [6, 6.07) is 31.4. The Morgan fingerprint density at radius 1 is 0.833 bits per heavy atom. The average molecular weight is 575 g/mol. The summed E-state index contributed by atoms with van der Waals surface area (Å²) in [4.78, 5) is 12.6. The van der Waals surface area contributed by atoms with Crippen molar-refractivity contribution in [2.75, 3.05) is 24.4 Å². The van der Waals surface area contributed by atoms with E-state index in [0.29, 0.717) is 33.9 Å². The highest BCUT2D eigenvalue weighted by atomic mass is 35.5. The molecule has 1 unspecified atom stereocenters. The van der Waals surface area contributed by atoms with Gasteiger partial charge in [0.25, 0.3) is 0 Å². The molecule has 0 fully saturated rings. The number of rotatable bonds is 5. The number of anilines is 2. The summed E-state index contributed by atoms with van der Waals surface area (Å²) in [5, 5.41) is 9.18. The van der Waals surface area contributed by atoms with Crippen LogP contribution in [0.25, 0.3) is 5.69 Å². The molecule has 0 saturated heterocycles. The standard InChI is InChI=1S/C33H27ClN6O2/c1-20-29-30(21-13-15-22(34)16-14-21)39-27-12-8-7-11-25(27)35-31(36-26-19-24(41-2)17-18-28(26)42-3)33(39)37-32(29)40(38-20)23-9-5-4-6-10-23/h4-19,30H,1-3H3,(H,35,36). The number of aromatic nitrogens is 2. The van der Waals surface area contributed by atoms with Gasteiger partial charge in [-0.15, -0.1) is 0 Å². The van der Waals surface area contributed by atoms with Crippen LogP contribution in [0.1, 0.15) is 22.9 Å². The highest BCUT2D eigenvalue weighted by molar-refractivity contribution is 6.51. The van der Waals surface area contributed by atoms with Crippen LogP contribution in [0, 0.1) is 6.92 Å². The van der Waals surface area contributed by atoms with E-state index in [4.69, 9.17) is 36.2 Å². The highest BCUT2D eigenvalue weighted by Gasteiger charge is 2.41. The van der Waals surface area contributed by atoms with Crippen molar-refractivity contribution in [3.63, 3.8) is 0 Å². The van der Waals surface area contributed by atoms with Crippen LogP contribution in [0.5, 0.6) is 11.5 Å². The van der Waals surface area contributed by atoms with Crippen molar-refractivity contribution in [3.8, 4) is 17.2 Å². The minimum absolute atomic E-state index is 0.247. The Labute approximate surface area is 248 Å². The van der Waals surface area contributed by atoms with Gasteiger partial charge in [0.15, 0.2) is 17.5 Å². The molecule has 2 aliphatic heterocycles. The van der Waals surface area contributed by atoms with Crippen LogP contribution in [0.2, 0.25) is 5.02 Å². The van der Waals surface area contributed by atoms with Crippen LogP contribution in [0.3, 0.4) is 0 Å². The average Bonchev–Trinajstić information content (AvgIpc) is 3.36. The van der Waals surface area contributed by atoms with E-state index in [2.05, 4.69) is 28.4 Å². The summed E-state index contributed by atoms with van der Waals surface area (Å²) in [6.07, 6.45) is 0. The zero-order valence-corrected chi connectivity index (χ0v) is 24.0. The van der Waals surface area contributed by atoms with Gasteiger partial charge in [0.05, 0.1) is 48.7 Å². The molecule has 1 N–H and O–H groups in total. The molecular formula is C33H27ClN6O2. The van der Waals surface area contributed by atoms with Crippen LogP contribution in [0.4, 0.5) is 22.9 Å². The third-order valence-corrected chi connectivity index (χ3v) is 7.74. The van der Waals surface area contributed by atoms with E-state index in [1.807, 2.05) is 90.5 Å². The third kappa shape index (κ3) is 4.28. The second kappa shape index (κ2) is 10.4. The molecule has 1 aromatic heterocycles. The van der Waals surface area contributed by atoms with Crippen molar-refractivity contribution in [1.29, 1.82) is 0 Å². The molecule has 5 aromatic rings. The van der Waals surface area contributed by atoms with E-state index in [0.717, 1.165) is 39.7 Å². The van der Waals surface area contributed by atoms with Gasteiger partial charge < -0.3 is 19.7 Å². The zero-order valence-electron chi connectivity index (χ0n) is 23.2. The quantitative estimate of drug-likeness (QED) is 0.233. The number of hydrogen-bond donors (Lipinski definition) is 1. The predicted molar refractivity (Wildman–Crippen MR) is 168 cm³/mol. The highest BCUT2D eigenvalue weighted by Crippen LogP contribution is 2.48. The van der Waals surface area contributed by atoms with Crippen LogP contribution < -0.4 is 19.7 Å². The second-order valence-corrected chi connectivity index (χ2v) is 10.4. The van der Waals surface area contributed by atoms with Gasteiger partial charge in [0.2, 0.25) is 0 Å². The molecule has 2 aliphatic rings. The number of halogens is 1. The summed E-state index contributed by atoms with van der Waals surface area (Å²) in [5.41, 5.74) is 6.35. The van der Waals surface area contributed by atoms with Crippen molar-refractivity contribution in [2.45, 2.75) is 13.0 Å². The normalized spacial score (nSPS) is 15.1. The lowest BCUT2D eigenvalue weighted by atomic mass is 9.93. The number of amidine groups is 2. The monoisotopic (exact) mass is 574 g/mol. The maximum atomic E-state index is 6.35. The molecule has 42 heavy (non-hydrogen) atoms. The number of para-hydroxylation sites is 3. The molecule has 3 heterocycles. The summed E-state index contributed by atoms with van der Waals surface area (Å²) in [6.45, 7) is 2.03. The molecular weight excluding hydrogens is 548 g/mol. The Morgan fingerprint density at radius 2 is 1.60 bits per heavy atom. The molecule has 0 amide bonds. The number of benzene rings is 4. The molecule has 1 atom stereocenters. The fraction of sp³-hybridized carbons (Fsp3) is 0.121. The lowest BCUT2D eigenvalue weighted by molar-refractivity contribution is 0.405. The number of nitrogens with zero attached hydrogens (tertiary/aromatic N) is 5. The number of aryl methyl sites for hydroxylation is 1. The SMILES string of the molecule is COc1ccc(OC)c(NC2=Nc3ccccc3N3C2=Nc2c(c(C)nn2-c2ccccc2)C3c2ccc(Cl)cc2)c1. The Morgan fingerprint density at radius 3 is 2.36 bits per heavy atom. The van der Waals surface area contributed by atoms with Gasteiger partial charge in [-0.3, -0.25) is 0 Å². The fourth-order valence-corrected chi connectivity index (χ4v) is 5.67. The Bertz CT molecular complexity index is 1860. The maximum Gasteiger partial charge on any atom is 0.179 e. The molecule has 0 aliphatic carbocycles. The number of hydrogen-bond acceptors (Lipinski definition) is 7. The van der Waals surface area contributed by atoms with Crippen molar-refractivity contribution >= 4 is 46.2 Å². The maximum absolute atomic E-state index is 6.35. The van der Waals surface area contributed by atoms with E-state index in [9.17, 15) is 0 Å². The van der Waals surface area contributed by atoms with Crippen molar-refractivity contribution in [1.82, 2.24) is 9.78 Å². The number of fused-ring (bicyclic) bond motifs is 4. The van der Waals surface area contributed by atoms with Gasteiger partial charge in [-0.25, -0.2) is 14.7 Å². The van der Waals surface area contributed by atoms with Gasteiger partial charge >= 0.3 is 0 Å². The van der Waals surface area contributed by atoms with Crippen LogP contribution >= 0.6 is 11.6 Å². The summed E-state index contributed by atoms with van der Waals surface area (Å²) >= 11 is 6.35. The Hall–Kier alpha value is -5.08. The van der Waals surface area contributed by atoms with Gasteiger partial charge in [-0.1, -0.05) is 54.1 Å². The second-order valence-electron chi connectivity index (χ2n) is 9.97. The van der Waals surface area contributed by atoms with Gasteiger partial charge in [-0.2, -0.15) is 5.10 Å². The lowest BCUT2D eigenvalue weighted by Gasteiger charge is -2.40. The predicted octanol–water partition coefficient (Wildman–Crippen LogP) is 7.65. The first-order valence-electron chi connectivity index (χ1n) is 13.5. The first kappa shape index (κ1) is 25.9. The van der Waals surface area contributed by atoms with Crippen molar-refractivity contribution < 1.29 is 9.47 Å². The van der Waals surface area contributed by atoms with E-state index in [1.165, 1.54) is 0 Å². The number of aliphatic imine (C=N–C) groups is 2. The minimum Gasteiger partial charge on any atom is -0.497 e. The van der Waals surface area contributed by atoms with Crippen LogP contribution in [0.15, 0.2) is 107 Å². The van der Waals surface area contributed by atoms with Crippen molar-refractivity contribution in [3.05, 3.63) is 119 Å². The van der Waals surface area contributed by atoms with Gasteiger partial charge in [0, 0.05) is 16.7 Å². The summed E-state index contributed by atoms with van der Waals surface area (Å²) in [5.74, 6) is 3.32. The Balaban J connectivity index is 1.49. The molecule has 208 valence electrons. The molecule has 4 aromatic carbocycles. The first-order valence-corrected chi connectivity index (χ1v) is 13.9. The molecule has 0 spiro atoms. The van der Waals surface area contributed by atoms with Crippen LogP contribution in [-0.2, 0) is 0 Å². The third-order valence-electron chi connectivity index (χ3n) is 7.48. The van der Waals surface area contributed by atoms with Crippen LogP contribution in [-0.4, -0.2) is 35.7 Å². The molecule has 9 heteroatoms. The van der Waals surface area contributed by atoms with Gasteiger partial charge in [0.1, 0.15) is 11.5 Å². The first-order chi connectivity index (χ1) is 20.6. The van der Waals surface area contributed by atoms with E-state index >= 15 is 0 Å². The van der Waals surface area contributed by atoms with E-state index < -0.39 is 0 Å². The van der Waals surface area contributed by atoms with Crippen molar-refractivity contribution in [2.24, 2.45) is 9.98 Å². The molecule has 7 rings (SSSR count). The smallest absolute Gasteiger partial charge is 0.179 e. The lowest BCUT2D eigenvalue weighted by Crippen LogP contribution is -2.46. The summed E-state index contributed by atoms with van der Waals surface area (Å²) in [7, 11) is 3.28. The molecule has 0 bridgehead atoms. The zero-order chi connectivity index (χ0) is 28.8. The van der Waals surface area contributed by atoms with E-state index in [1.54, 1.807) is 14.2 Å². The Kier molecular flexibility index (Phi) is 6.40. The largest absolute Gasteiger partial charge is 0.497 e. The fourth-order valence-electron chi connectivity index (χ4n) is 5.55. The molecule has 8 nitrogen and oxygen atoms in total.